The number of hydrogen-bond acceptors (Lipinski definition) is 8. The van der Waals surface area contributed by atoms with Gasteiger partial charge in [0.25, 0.3) is 0 Å². The van der Waals surface area contributed by atoms with Gasteiger partial charge in [-0.15, -0.1) is 0 Å². The second-order valence-corrected chi connectivity index (χ2v) is 10.3. The summed E-state index contributed by atoms with van der Waals surface area (Å²) < 4.78 is 13.9. The number of fused-ring (bicyclic) bond motifs is 2. The van der Waals surface area contributed by atoms with E-state index in [1.807, 2.05) is 23.1 Å². The number of piperazine rings is 1. The normalized spacial score (nSPS) is 16.7. The highest BCUT2D eigenvalue weighted by Crippen LogP contribution is 2.42. The first-order chi connectivity index (χ1) is 20.0. The van der Waals surface area contributed by atoms with Gasteiger partial charge in [0.15, 0.2) is 5.65 Å². The topological polar surface area (TPSA) is 127 Å². The minimum atomic E-state index is -0.337. The van der Waals surface area contributed by atoms with Gasteiger partial charge in [0.05, 0.1) is 35.1 Å². The molecule has 1 fully saturated rings. The SMILES string of the molecule is CN1CCN(C(=O)Nc2cncc(-c3cnc4n[nH]c(C5Nc6cncc(-c7cccc(F)c7)c6N5)c4c3)c2)CC1. The Balaban J connectivity index is 1.15. The van der Waals surface area contributed by atoms with Gasteiger partial charge in [-0.1, -0.05) is 12.1 Å². The van der Waals surface area contributed by atoms with E-state index in [1.165, 1.54) is 12.1 Å². The van der Waals surface area contributed by atoms with Gasteiger partial charge >= 0.3 is 6.03 Å². The van der Waals surface area contributed by atoms with E-state index < -0.39 is 0 Å². The molecular formula is C29H27FN10O. The molecule has 1 unspecified atom stereocenters. The molecule has 5 aromatic rings. The number of carbonyl (C=O) groups is 1. The minimum absolute atomic E-state index is 0.132. The number of aromatic amines is 1. The van der Waals surface area contributed by atoms with Crippen LogP contribution in [0.5, 0.6) is 0 Å². The van der Waals surface area contributed by atoms with Crippen LogP contribution in [0.1, 0.15) is 11.9 Å². The summed E-state index contributed by atoms with van der Waals surface area (Å²) in [6.07, 6.45) is 8.24. The number of H-pyrrole nitrogens is 1. The Morgan fingerprint density at radius 3 is 2.63 bits per heavy atom. The molecule has 0 radical (unpaired) electrons. The molecule has 206 valence electrons. The highest BCUT2D eigenvalue weighted by Gasteiger charge is 2.28. The standard InChI is InChI=1S/C29H27FN10O/c1-39-5-7-40(8-6-39)29(41)34-21-10-18(12-31-14-21)19-11-22-26(37-38-27(22)33-13-19)28-35-24-16-32-15-23(25(24)36-28)17-3-2-4-20(30)9-17/h2-4,9-16,28,35-36H,5-8H2,1H3,(H,34,41)(H,33,37,38). The number of rotatable bonds is 4. The second-order valence-electron chi connectivity index (χ2n) is 10.3. The number of benzene rings is 1. The van der Waals surface area contributed by atoms with Crippen molar-refractivity contribution in [2.75, 3.05) is 49.2 Å². The molecule has 12 heteroatoms. The van der Waals surface area contributed by atoms with Gasteiger partial charge in [-0.25, -0.2) is 14.2 Å². The summed E-state index contributed by atoms with van der Waals surface area (Å²) in [5.41, 5.74) is 6.79. The van der Waals surface area contributed by atoms with Crippen LogP contribution in [0.3, 0.4) is 0 Å². The maximum absolute atomic E-state index is 13.9. The molecule has 2 aliphatic rings. The van der Waals surface area contributed by atoms with Crippen LogP contribution in [0.4, 0.5) is 26.2 Å². The van der Waals surface area contributed by atoms with E-state index in [0.29, 0.717) is 24.4 Å². The largest absolute Gasteiger partial charge is 0.358 e. The number of hydrogen-bond donors (Lipinski definition) is 4. The van der Waals surface area contributed by atoms with Crippen molar-refractivity contribution in [3.05, 3.63) is 78.9 Å². The minimum Gasteiger partial charge on any atom is -0.358 e. The molecule has 1 saturated heterocycles. The van der Waals surface area contributed by atoms with Crippen LogP contribution in [0.25, 0.3) is 33.3 Å². The summed E-state index contributed by atoms with van der Waals surface area (Å²) >= 11 is 0. The summed E-state index contributed by atoms with van der Waals surface area (Å²) in [7, 11) is 2.05. The lowest BCUT2D eigenvalue weighted by Gasteiger charge is -2.32. The number of pyridine rings is 3. The van der Waals surface area contributed by atoms with Crippen LogP contribution in [-0.4, -0.2) is 74.2 Å². The van der Waals surface area contributed by atoms with E-state index in [-0.39, 0.29) is 18.0 Å². The first kappa shape index (κ1) is 24.9. The molecule has 0 bridgehead atoms. The zero-order chi connectivity index (χ0) is 27.9. The third-order valence-electron chi connectivity index (χ3n) is 7.51. The summed E-state index contributed by atoms with van der Waals surface area (Å²) in [6.45, 7) is 3.07. The van der Waals surface area contributed by atoms with Gasteiger partial charge in [0, 0.05) is 66.8 Å². The predicted molar refractivity (Wildman–Crippen MR) is 155 cm³/mol. The van der Waals surface area contributed by atoms with Crippen LogP contribution in [0.2, 0.25) is 0 Å². The van der Waals surface area contributed by atoms with Gasteiger partial charge in [0.1, 0.15) is 12.0 Å². The van der Waals surface area contributed by atoms with E-state index in [1.54, 1.807) is 37.1 Å². The number of halogens is 1. The molecule has 4 aromatic heterocycles. The molecular weight excluding hydrogens is 523 g/mol. The van der Waals surface area contributed by atoms with Crippen molar-refractivity contribution in [3.63, 3.8) is 0 Å². The Morgan fingerprint density at radius 1 is 0.951 bits per heavy atom. The van der Waals surface area contributed by atoms with E-state index in [0.717, 1.165) is 57.8 Å². The van der Waals surface area contributed by atoms with Crippen LogP contribution >= 0.6 is 0 Å². The Morgan fingerprint density at radius 2 is 1.78 bits per heavy atom. The van der Waals surface area contributed by atoms with Crippen molar-refractivity contribution >= 4 is 34.1 Å². The Bertz CT molecular complexity index is 1760. The smallest absolute Gasteiger partial charge is 0.321 e. The fraction of sp³-hybridized carbons (Fsp3) is 0.207. The van der Waals surface area contributed by atoms with Gasteiger partial charge < -0.3 is 25.8 Å². The fourth-order valence-corrected chi connectivity index (χ4v) is 5.26. The summed E-state index contributed by atoms with van der Waals surface area (Å²) in [5.74, 6) is -0.307. The molecule has 0 saturated carbocycles. The number of amides is 2. The van der Waals surface area contributed by atoms with Gasteiger partial charge in [-0.05, 0) is 36.9 Å². The Kier molecular flexibility index (Phi) is 6.16. The molecule has 4 N–H and O–H groups in total. The average molecular weight is 551 g/mol. The molecule has 2 aliphatic heterocycles. The van der Waals surface area contributed by atoms with Crippen LogP contribution in [-0.2, 0) is 0 Å². The van der Waals surface area contributed by atoms with Crippen LogP contribution < -0.4 is 16.0 Å². The van der Waals surface area contributed by atoms with E-state index in [4.69, 9.17) is 0 Å². The van der Waals surface area contributed by atoms with Crippen molar-refractivity contribution in [3.8, 4) is 22.3 Å². The van der Waals surface area contributed by atoms with Gasteiger partial charge in [-0.2, -0.15) is 5.10 Å². The molecule has 0 aliphatic carbocycles. The third-order valence-corrected chi connectivity index (χ3v) is 7.51. The summed E-state index contributed by atoms with van der Waals surface area (Å²) in [6, 6.07) is 10.2. The molecule has 2 amide bonds. The van der Waals surface area contributed by atoms with Crippen molar-refractivity contribution in [2.45, 2.75) is 6.17 Å². The van der Waals surface area contributed by atoms with Crippen molar-refractivity contribution < 1.29 is 9.18 Å². The molecule has 1 atom stereocenters. The maximum atomic E-state index is 13.9. The van der Waals surface area contributed by atoms with Crippen molar-refractivity contribution in [1.29, 1.82) is 0 Å². The zero-order valence-corrected chi connectivity index (χ0v) is 22.2. The predicted octanol–water partition coefficient (Wildman–Crippen LogP) is 4.54. The number of aromatic nitrogens is 5. The lowest BCUT2D eigenvalue weighted by atomic mass is 10.1. The highest BCUT2D eigenvalue weighted by atomic mass is 19.1. The molecule has 41 heavy (non-hydrogen) atoms. The second kappa shape index (κ2) is 10.1. The lowest BCUT2D eigenvalue weighted by molar-refractivity contribution is 0.164. The summed E-state index contributed by atoms with van der Waals surface area (Å²) in [4.78, 5) is 30.1. The molecule has 1 aromatic carbocycles. The number of nitrogens with one attached hydrogen (secondary N) is 4. The maximum Gasteiger partial charge on any atom is 0.321 e. The Hall–Kier alpha value is -5.10. The molecule has 11 nitrogen and oxygen atoms in total. The quantitative estimate of drug-likeness (QED) is 0.257. The molecule has 6 heterocycles. The van der Waals surface area contributed by atoms with Crippen molar-refractivity contribution in [1.82, 2.24) is 34.9 Å². The number of likely N-dealkylation sites (N-methyl/N-ethyl adjacent to an activating group) is 1. The number of urea groups is 1. The number of carbonyl (C=O) groups excluding carboxylic acids is 1. The fourth-order valence-electron chi connectivity index (χ4n) is 5.26. The molecule has 7 rings (SSSR count). The zero-order valence-electron chi connectivity index (χ0n) is 22.2. The van der Waals surface area contributed by atoms with E-state index in [9.17, 15) is 9.18 Å². The summed E-state index contributed by atoms with van der Waals surface area (Å²) in [5, 5.41) is 18.3. The average Bonchev–Trinajstić information content (AvgIpc) is 3.61. The lowest BCUT2D eigenvalue weighted by Crippen LogP contribution is -2.48. The van der Waals surface area contributed by atoms with Gasteiger partial charge in [-0.3, -0.25) is 15.1 Å². The van der Waals surface area contributed by atoms with Crippen molar-refractivity contribution in [2.24, 2.45) is 0 Å². The highest BCUT2D eigenvalue weighted by molar-refractivity contribution is 5.92. The Labute approximate surface area is 234 Å². The first-order valence-electron chi connectivity index (χ1n) is 13.3. The first-order valence-corrected chi connectivity index (χ1v) is 13.3. The monoisotopic (exact) mass is 550 g/mol. The number of nitrogens with zero attached hydrogens (tertiary/aromatic N) is 6. The van der Waals surface area contributed by atoms with E-state index in [2.05, 4.69) is 53.0 Å². The van der Waals surface area contributed by atoms with Crippen LogP contribution in [0, 0.1) is 5.82 Å². The van der Waals surface area contributed by atoms with Gasteiger partial charge in [0.2, 0.25) is 0 Å². The van der Waals surface area contributed by atoms with E-state index >= 15 is 0 Å². The van der Waals surface area contributed by atoms with Crippen LogP contribution in [0.15, 0.2) is 67.4 Å². The third kappa shape index (κ3) is 4.78. The molecule has 0 spiro atoms. The number of anilines is 3.